The molecule has 0 N–H and O–H groups in total. The predicted molar refractivity (Wildman–Crippen MR) is 133 cm³/mol. The van der Waals surface area contributed by atoms with Crippen LogP contribution in [0.3, 0.4) is 0 Å². The molecule has 6 heteroatoms. The number of aromatic nitrogens is 1. The van der Waals surface area contributed by atoms with Gasteiger partial charge in [0.1, 0.15) is 19.7 Å². The number of nitriles is 1. The topological polar surface area (TPSA) is 49.1 Å². The van der Waals surface area contributed by atoms with Gasteiger partial charge in [0.15, 0.2) is 8.32 Å². The van der Waals surface area contributed by atoms with Crippen LogP contribution in [0.1, 0.15) is 37.6 Å². The Morgan fingerprint density at radius 3 is 2.23 bits per heavy atom. The van der Waals surface area contributed by atoms with E-state index >= 15 is 0 Å². The van der Waals surface area contributed by atoms with Crippen molar-refractivity contribution in [3.63, 3.8) is 0 Å². The molecule has 2 rings (SSSR count). The van der Waals surface area contributed by atoms with Crippen molar-refractivity contribution in [2.24, 2.45) is 0 Å². The largest absolute Gasteiger partial charge is 0.411 e. The van der Waals surface area contributed by atoms with Crippen molar-refractivity contribution in [2.75, 3.05) is 19.0 Å². The highest BCUT2D eigenvalue weighted by Crippen LogP contribution is 2.37. The fourth-order valence-corrected chi connectivity index (χ4v) is 4.22. The first-order chi connectivity index (χ1) is 13.7. The Kier molecular flexibility index (Phi) is 6.88. The third-order valence-corrected chi connectivity index (χ3v) is 10.9. The number of anilines is 1. The van der Waals surface area contributed by atoms with Gasteiger partial charge in [-0.05, 0) is 30.3 Å². The minimum Gasteiger partial charge on any atom is -0.411 e. The van der Waals surface area contributed by atoms with Crippen molar-refractivity contribution in [3.8, 4) is 17.5 Å². The van der Waals surface area contributed by atoms with E-state index in [-0.39, 0.29) is 5.04 Å². The number of hydrogen-bond donors (Lipinski definition) is 0. The standard InChI is InChI=1S/C24H35N3OSi2/c1-24(2,3)30(9,10)28-17-20-12-11-18-15-19(13-14-29(6,7)8)23(27(4)5)21(16-25)22(18)26-20/h11-12,15H,17H2,1-10H3. The van der Waals surface area contributed by atoms with Gasteiger partial charge in [-0.2, -0.15) is 5.26 Å². The van der Waals surface area contributed by atoms with Crippen molar-refractivity contribution in [1.29, 1.82) is 5.26 Å². The first-order valence-electron chi connectivity index (χ1n) is 10.4. The number of nitrogens with zero attached hydrogens (tertiary/aromatic N) is 3. The molecule has 0 unspecified atom stereocenters. The summed E-state index contributed by atoms with van der Waals surface area (Å²) in [6.07, 6.45) is 0. The van der Waals surface area contributed by atoms with E-state index in [4.69, 9.17) is 9.41 Å². The summed E-state index contributed by atoms with van der Waals surface area (Å²) in [5.74, 6) is 3.35. The van der Waals surface area contributed by atoms with Crippen molar-refractivity contribution in [3.05, 3.63) is 35.0 Å². The van der Waals surface area contributed by atoms with Crippen LogP contribution in [0.15, 0.2) is 18.2 Å². The van der Waals surface area contributed by atoms with Crippen molar-refractivity contribution in [1.82, 2.24) is 4.98 Å². The average Bonchev–Trinajstić information content (AvgIpc) is 2.61. The molecule has 0 amide bonds. The molecule has 1 aromatic carbocycles. The van der Waals surface area contributed by atoms with Gasteiger partial charge in [-0.3, -0.25) is 0 Å². The maximum absolute atomic E-state index is 9.99. The third kappa shape index (κ3) is 5.52. The summed E-state index contributed by atoms with van der Waals surface area (Å²) >= 11 is 0. The van der Waals surface area contributed by atoms with Crippen LogP contribution in [-0.4, -0.2) is 35.5 Å². The third-order valence-electron chi connectivity index (χ3n) is 5.53. The number of pyridine rings is 1. The number of rotatable bonds is 4. The van der Waals surface area contributed by atoms with Crippen LogP contribution in [0.4, 0.5) is 5.69 Å². The molecular weight excluding hydrogens is 402 g/mol. The minimum atomic E-state index is -1.87. The highest BCUT2D eigenvalue weighted by Gasteiger charge is 2.37. The molecule has 160 valence electrons. The summed E-state index contributed by atoms with van der Waals surface area (Å²) in [5.41, 5.74) is 7.31. The van der Waals surface area contributed by atoms with Gasteiger partial charge in [0, 0.05) is 25.0 Å². The summed E-state index contributed by atoms with van der Waals surface area (Å²) in [5, 5.41) is 11.1. The summed E-state index contributed by atoms with van der Waals surface area (Å²) in [4.78, 5) is 6.80. The van der Waals surface area contributed by atoms with Gasteiger partial charge in [0.2, 0.25) is 0 Å². The quantitative estimate of drug-likeness (QED) is 0.440. The Morgan fingerprint density at radius 1 is 1.10 bits per heavy atom. The molecule has 0 aliphatic heterocycles. The lowest BCUT2D eigenvalue weighted by Gasteiger charge is -2.36. The summed E-state index contributed by atoms with van der Waals surface area (Å²) in [6, 6.07) is 8.48. The molecule has 0 spiro atoms. The number of hydrogen-bond acceptors (Lipinski definition) is 4. The molecule has 30 heavy (non-hydrogen) atoms. The normalized spacial score (nSPS) is 12.3. The number of fused-ring (bicyclic) bond motifs is 1. The monoisotopic (exact) mass is 437 g/mol. The molecule has 1 aromatic heterocycles. The van der Waals surface area contributed by atoms with E-state index in [1.165, 1.54) is 0 Å². The maximum atomic E-state index is 9.99. The Labute approximate surface area is 184 Å². The van der Waals surface area contributed by atoms with E-state index < -0.39 is 16.4 Å². The molecular formula is C24H35N3OSi2. The van der Waals surface area contributed by atoms with Crippen LogP contribution in [0, 0.1) is 22.8 Å². The zero-order chi connectivity index (χ0) is 22.9. The molecule has 0 atom stereocenters. The zero-order valence-corrected chi connectivity index (χ0v) is 22.2. The Bertz CT molecular complexity index is 1040. The fourth-order valence-electron chi connectivity index (χ4n) is 2.77. The predicted octanol–water partition coefficient (Wildman–Crippen LogP) is 5.92. The fraction of sp³-hybridized carbons (Fsp3) is 0.500. The maximum Gasteiger partial charge on any atom is 0.192 e. The van der Waals surface area contributed by atoms with E-state index in [0.29, 0.717) is 12.2 Å². The van der Waals surface area contributed by atoms with Crippen LogP contribution < -0.4 is 4.90 Å². The van der Waals surface area contributed by atoms with Gasteiger partial charge in [0.05, 0.1) is 23.5 Å². The Balaban J connectivity index is 2.58. The van der Waals surface area contributed by atoms with Gasteiger partial charge in [-0.25, -0.2) is 4.98 Å². The Morgan fingerprint density at radius 2 is 1.73 bits per heavy atom. The smallest absolute Gasteiger partial charge is 0.192 e. The van der Waals surface area contributed by atoms with Gasteiger partial charge in [-0.1, -0.05) is 52.4 Å². The van der Waals surface area contributed by atoms with E-state index in [9.17, 15) is 5.26 Å². The highest BCUT2D eigenvalue weighted by atomic mass is 28.4. The minimum absolute atomic E-state index is 0.143. The van der Waals surface area contributed by atoms with Crippen LogP contribution in [0.25, 0.3) is 10.9 Å². The zero-order valence-electron chi connectivity index (χ0n) is 20.2. The van der Waals surface area contributed by atoms with Crippen LogP contribution >= 0.6 is 0 Å². The molecule has 0 saturated carbocycles. The van der Waals surface area contributed by atoms with Crippen LogP contribution in [0.2, 0.25) is 37.8 Å². The first kappa shape index (κ1) is 24.1. The second-order valence-corrected chi connectivity index (χ2v) is 20.1. The van der Waals surface area contributed by atoms with Gasteiger partial charge in [0.25, 0.3) is 0 Å². The second kappa shape index (κ2) is 8.55. The summed E-state index contributed by atoms with van der Waals surface area (Å²) in [7, 11) is 0.493. The molecule has 0 aliphatic rings. The van der Waals surface area contributed by atoms with Crippen molar-refractivity contribution in [2.45, 2.75) is 65.2 Å². The molecule has 2 aromatic rings. The van der Waals surface area contributed by atoms with E-state index in [0.717, 1.165) is 27.8 Å². The molecule has 4 nitrogen and oxygen atoms in total. The van der Waals surface area contributed by atoms with Gasteiger partial charge in [-0.15, -0.1) is 5.54 Å². The molecule has 0 fully saturated rings. The Hall–Kier alpha value is -2.13. The van der Waals surface area contributed by atoms with Gasteiger partial charge < -0.3 is 9.33 Å². The lowest BCUT2D eigenvalue weighted by atomic mass is 10.0. The van der Waals surface area contributed by atoms with Crippen LogP contribution in [0.5, 0.6) is 0 Å². The van der Waals surface area contributed by atoms with E-state index in [1.54, 1.807) is 0 Å². The van der Waals surface area contributed by atoms with Gasteiger partial charge >= 0.3 is 0 Å². The number of benzene rings is 1. The lowest BCUT2D eigenvalue weighted by Crippen LogP contribution is -2.40. The molecule has 0 saturated heterocycles. The second-order valence-electron chi connectivity index (χ2n) is 10.6. The van der Waals surface area contributed by atoms with Crippen molar-refractivity contribution >= 4 is 33.0 Å². The molecule has 0 aliphatic carbocycles. The summed E-state index contributed by atoms with van der Waals surface area (Å²) < 4.78 is 6.35. The average molecular weight is 438 g/mol. The highest BCUT2D eigenvalue weighted by molar-refractivity contribution is 6.83. The van der Waals surface area contributed by atoms with Crippen molar-refractivity contribution < 1.29 is 4.43 Å². The van der Waals surface area contributed by atoms with Crippen LogP contribution in [-0.2, 0) is 11.0 Å². The first-order valence-corrected chi connectivity index (χ1v) is 16.8. The SMILES string of the molecule is CN(C)c1c(C#C[Si](C)(C)C)cc2ccc(CO[Si](C)(C)C(C)(C)C)nc2c1C#N. The molecule has 0 radical (unpaired) electrons. The lowest BCUT2D eigenvalue weighted by molar-refractivity contribution is 0.272. The summed E-state index contributed by atoms with van der Waals surface area (Å²) in [6.45, 7) is 18.3. The van der Waals surface area contributed by atoms with E-state index in [1.807, 2.05) is 31.1 Å². The molecule has 0 bridgehead atoms. The molecule has 1 heterocycles. The van der Waals surface area contributed by atoms with E-state index in [2.05, 4.69) is 77.1 Å².